The Morgan fingerprint density at radius 3 is 2.79 bits per heavy atom. The first-order chi connectivity index (χ1) is 15.7. The van der Waals surface area contributed by atoms with Crippen LogP contribution in [0, 0.1) is 5.92 Å². The fourth-order valence-electron chi connectivity index (χ4n) is 5.54. The molecule has 7 nitrogen and oxygen atoms in total. The van der Waals surface area contributed by atoms with Crippen LogP contribution in [0.1, 0.15) is 61.0 Å². The summed E-state index contributed by atoms with van der Waals surface area (Å²) in [5, 5.41) is 14.0. The van der Waals surface area contributed by atoms with E-state index < -0.39 is 29.0 Å². The van der Waals surface area contributed by atoms with Crippen molar-refractivity contribution in [3.8, 4) is 5.75 Å². The number of rotatable bonds is 5. The average Bonchev–Trinajstić information content (AvgIpc) is 3.29. The van der Waals surface area contributed by atoms with Gasteiger partial charge in [-0.3, -0.25) is 19.1 Å². The number of carbonyl (C=O) groups excluding carboxylic acids is 1. The molecule has 2 N–H and O–H groups in total. The second kappa shape index (κ2) is 8.74. The number of aromatic hydroxyl groups is 1. The van der Waals surface area contributed by atoms with Gasteiger partial charge in [0.1, 0.15) is 23.4 Å². The number of carbonyl (C=O) groups is 1. The van der Waals surface area contributed by atoms with Gasteiger partial charge in [-0.2, -0.15) is 0 Å². The Morgan fingerprint density at radius 2 is 2.18 bits per heavy atom. The van der Waals surface area contributed by atoms with E-state index in [9.17, 15) is 19.1 Å². The van der Waals surface area contributed by atoms with Gasteiger partial charge in [0, 0.05) is 25.8 Å². The standard InChI is InChI=1S/C24H29ClFN3O4/c1-5-17(26)16(25)11-13(2)12-28-10-8-15-18(23(28)33-4)20(30)22(32)29-19(15)21(31)27-24(29)9-6-7-14(24)3/h5,11,14,23,30H,2,6-10,12H2,1,3-4H3,(H,27,31). The van der Waals surface area contributed by atoms with Crippen LogP contribution in [0.3, 0.4) is 0 Å². The van der Waals surface area contributed by atoms with E-state index in [1.54, 1.807) is 6.92 Å². The van der Waals surface area contributed by atoms with Crippen molar-refractivity contribution in [2.75, 3.05) is 20.2 Å². The van der Waals surface area contributed by atoms with E-state index in [-0.39, 0.29) is 23.4 Å². The molecule has 1 aromatic rings. The van der Waals surface area contributed by atoms with Gasteiger partial charge >= 0.3 is 0 Å². The zero-order valence-corrected chi connectivity index (χ0v) is 19.8. The van der Waals surface area contributed by atoms with Crippen molar-refractivity contribution in [1.82, 2.24) is 14.8 Å². The fourth-order valence-corrected chi connectivity index (χ4v) is 5.80. The van der Waals surface area contributed by atoms with Gasteiger partial charge in [-0.1, -0.05) is 31.2 Å². The normalized spacial score (nSPS) is 27.6. The molecule has 3 atom stereocenters. The minimum absolute atomic E-state index is 0.0551. The van der Waals surface area contributed by atoms with Crippen LogP contribution in [-0.4, -0.2) is 40.7 Å². The summed E-state index contributed by atoms with van der Waals surface area (Å²) in [6.07, 6.45) is 4.81. The smallest absolute Gasteiger partial charge is 0.295 e. The summed E-state index contributed by atoms with van der Waals surface area (Å²) < 4.78 is 20.9. The number of hydrogen-bond acceptors (Lipinski definition) is 5. The van der Waals surface area contributed by atoms with Crippen molar-refractivity contribution in [2.24, 2.45) is 5.92 Å². The number of hydrogen-bond donors (Lipinski definition) is 2. The molecule has 2 aliphatic heterocycles. The molecule has 3 unspecified atom stereocenters. The van der Waals surface area contributed by atoms with Crippen molar-refractivity contribution in [3.63, 3.8) is 0 Å². The number of amides is 1. The van der Waals surface area contributed by atoms with Gasteiger partial charge in [0.15, 0.2) is 5.75 Å². The van der Waals surface area contributed by atoms with Crippen LogP contribution in [0.25, 0.3) is 0 Å². The molecule has 1 aliphatic carbocycles. The summed E-state index contributed by atoms with van der Waals surface area (Å²) in [6.45, 7) is 8.28. The first-order valence-electron chi connectivity index (χ1n) is 11.1. The van der Waals surface area contributed by atoms with E-state index in [1.165, 1.54) is 23.8 Å². The lowest BCUT2D eigenvalue weighted by Gasteiger charge is -2.38. The Morgan fingerprint density at radius 1 is 1.45 bits per heavy atom. The van der Waals surface area contributed by atoms with E-state index in [0.29, 0.717) is 41.8 Å². The van der Waals surface area contributed by atoms with Gasteiger partial charge in [0.2, 0.25) is 0 Å². The Balaban J connectivity index is 1.75. The van der Waals surface area contributed by atoms with Gasteiger partial charge < -0.3 is 15.2 Å². The highest BCUT2D eigenvalue weighted by atomic mass is 35.5. The number of nitrogens with zero attached hydrogens (tertiary/aromatic N) is 2. The third-order valence-corrected chi connectivity index (χ3v) is 7.41. The van der Waals surface area contributed by atoms with Crippen molar-refractivity contribution < 1.29 is 19.0 Å². The van der Waals surface area contributed by atoms with Gasteiger partial charge in [0.25, 0.3) is 11.5 Å². The number of aromatic nitrogens is 1. The van der Waals surface area contributed by atoms with Crippen molar-refractivity contribution in [2.45, 2.75) is 51.4 Å². The zero-order chi connectivity index (χ0) is 24.1. The SMILES string of the molecule is C=C(C=C(Cl)C(F)=CC)CN1CCc2c(c(O)c(=O)n3c2C(=O)NC32CCCC2C)C1OC. The molecule has 1 aromatic heterocycles. The van der Waals surface area contributed by atoms with Crippen LogP contribution >= 0.6 is 11.6 Å². The van der Waals surface area contributed by atoms with E-state index in [0.717, 1.165) is 12.8 Å². The van der Waals surface area contributed by atoms with Crippen LogP contribution < -0.4 is 10.9 Å². The lowest BCUT2D eigenvalue weighted by molar-refractivity contribution is -0.0382. The summed E-state index contributed by atoms with van der Waals surface area (Å²) >= 11 is 5.97. The highest BCUT2D eigenvalue weighted by Gasteiger charge is 2.52. The molecule has 9 heteroatoms. The first-order valence-corrected chi connectivity index (χ1v) is 11.5. The monoisotopic (exact) mass is 477 g/mol. The second-order valence-corrected chi connectivity index (χ2v) is 9.40. The Labute approximate surface area is 197 Å². The lowest BCUT2D eigenvalue weighted by Crippen LogP contribution is -2.49. The number of pyridine rings is 1. The summed E-state index contributed by atoms with van der Waals surface area (Å²) in [5.74, 6) is -1.17. The number of halogens is 2. The van der Waals surface area contributed by atoms with Gasteiger partial charge in [-0.25, -0.2) is 4.39 Å². The quantitative estimate of drug-likeness (QED) is 0.630. The zero-order valence-electron chi connectivity index (χ0n) is 19.1. The van der Waals surface area contributed by atoms with E-state index in [1.807, 2.05) is 11.8 Å². The molecule has 3 aliphatic rings. The molecule has 4 rings (SSSR count). The number of ether oxygens (including phenoxy) is 1. The van der Waals surface area contributed by atoms with Crippen LogP contribution in [0.5, 0.6) is 5.75 Å². The summed E-state index contributed by atoms with van der Waals surface area (Å²) in [6, 6.07) is 0. The molecule has 0 bridgehead atoms. The molecule has 0 radical (unpaired) electrons. The summed E-state index contributed by atoms with van der Waals surface area (Å²) in [5.41, 5.74) is 0.416. The summed E-state index contributed by atoms with van der Waals surface area (Å²) in [7, 11) is 1.47. The van der Waals surface area contributed by atoms with Crippen LogP contribution in [-0.2, 0) is 16.8 Å². The second-order valence-electron chi connectivity index (χ2n) is 9.00. The van der Waals surface area contributed by atoms with Crippen molar-refractivity contribution in [1.29, 1.82) is 0 Å². The maximum atomic E-state index is 13.7. The Kier molecular flexibility index (Phi) is 6.28. The first kappa shape index (κ1) is 23.7. The predicted octanol–water partition coefficient (Wildman–Crippen LogP) is 3.83. The summed E-state index contributed by atoms with van der Waals surface area (Å²) in [4.78, 5) is 28.3. The highest BCUT2D eigenvalue weighted by molar-refractivity contribution is 6.31. The van der Waals surface area contributed by atoms with Gasteiger partial charge in [0.05, 0.1) is 5.03 Å². The van der Waals surface area contributed by atoms with Crippen LogP contribution in [0.4, 0.5) is 4.39 Å². The molecule has 33 heavy (non-hydrogen) atoms. The number of methoxy groups -OCH3 is 1. The average molecular weight is 478 g/mol. The number of fused-ring (bicyclic) bond motifs is 4. The molecule has 178 valence electrons. The number of allylic oxidation sites excluding steroid dienone is 3. The molecule has 0 aromatic carbocycles. The molecule has 3 heterocycles. The molecular weight excluding hydrogens is 449 g/mol. The van der Waals surface area contributed by atoms with Crippen LogP contribution in [0.2, 0.25) is 0 Å². The Hall–Kier alpha value is -2.42. The minimum atomic E-state index is -0.789. The molecular formula is C24H29ClFN3O4. The van der Waals surface area contributed by atoms with Gasteiger partial charge in [-0.15, -0.1) is 0 Å². The lowest BCUT2D eigenvalue weighted by atomic mass is 9.93. The van der Waals surface area contributed by atoms with Crippen LogP contribution in [0.15, 0.2) is 40.0 Å². The van der Waals surface area contributed by atoms with E-state index >= 15 is 0 Å². The van der Waals surface area contributed by atoms with E-state index in [4.69, 9.17) is 16.3 Å². The maximum Gasteiger partial charge on any atom is 0.295 e. The highest BCUT2D eigenvalue weighted by Crippen LogP contribution is 2.46. The fraction of sp³-hybridized carbons (Fsp3) is 0.500. The number of nitrogens with one attached hydrogen (secondary N) is 1. The molecule has 1 saturated carbocycles. The van der Waals surface area contributed by atoms with Crippen molar-refractivity contribution >= 4 is 17.5 Å². The third kappa shape index (κ3) is 3.64. The maximum absolute atomic E-state index is 13.7. The van der Waals surface area contributed by atoms with Gasteiger partial charge in [-0.05, 0) is 55.7 Å². The molecule has 1 spiro atoms. The topological polar surface area (TPSA) is 83.8 Å². The predicted molar refractivity (Wildman–Crippen MR) is 124 cm³/mol. The molecule has 1 fully saturated rings. The van der Waals surface area contributed by atoms with Crippen molar-refractivity contribution in [3.05, 3.63) is 62.3 Å². The minimum Gasteiger partial charge on any atom is -0.503 e. The van der Waals surface area contributed by atoms with E-state index in [2.05, 4.69) is 11.9 Å². The third-order valence-electron chi connectivity index (χ3n) is 7.12. The largest absolute Gasteiger partial charge is 0.503 e. The molecule has 1 amide bonds. The molecule has 0 saturated heterocycles. The Bertz CT molecular complexity index is 1140.